The zero-order chi connectivity index (χ0) is 18.8. The Morgan fingerprint density at radius 2 is 2.15 bits per heavy atom. The van der Waals surface area contributed by atoms with Crippen LogP contribution in [0.25, 0.3) is 11.0 Å². The van der Waals surface area contributed by atoms with Crippen molar-refractivity contribution < 1.29 is 0 Å². The van der Waals surface area contributed by atoms with E-state index in [1.54, 1.807) is 17.1 Å². The highest BCUT2D eigenvalue weighted by atomic mass is 16.1. The Bertz CT molecular complexity index is 977. The smallest absolute Gasteiger partial charge is 0.267 e. The van der Waals surface area contributed by atoms with E-state index in [2.05, 4.69) is 30.3 Å². The van der Waals surface area contributed by atoms with Gasteiger partial charge in [-0.05, 0) is 45.2 Å². The molecule has 0 bridgehead atoms. The van der Waals surface area contributed by atoms with Crippen molar-refractivity contribution in [2.45, 2.75) is 45.2 Å². The molecule has 1 unspecified atom stereocenters. The Balaban J connectivity index is 1.55. The second-order valence-electron chi connectivity index (χ2n) is 7.25. The van der Waals surface area contributed by atoms with Gasteiger partial charge in [0.05, 0.1) is 11.4 Å². The molecule has 0 aliphatic carbocycles. The summed E-state index contributed by atoms with van der Waals surface area (Å²) >= 11 is 0. The van der Waals surface area contributed by atoms with Gasteiger partial charge in [-0.15, -0.1) is 0 Å². The molecule has 3 aromatic rings. The highest BCUT2D eigenvalue weighted by Crippen LogP contribution is 2.24. The summed E-state index contributed by atoms with van der Waals surface area (Å²) in [6.45, 7) is 5.66. The number of fused-ring (bicyclic) bond motifs is 1. The summed E-state index contributed by atoms with van der Waals surface area (Å²) < 4.78 is 1.56. The average Bonchev–Trinajstić information content (AvgIpc) is 3.16. The summed E-state index contributed by atoms with van der Waals surface area (Å²) in [4.78, 5) is 26.1. The minimum atomic E-state index is -0.0590. The summed E-state index contributed by atoms with van der Waals surface area (Å²) in [5, 5.41) is 9.09. The Labute approximate surface area is 157 Å². The SMILES string of the molecule is CC(C)n1nc(N2CCCCC2CNc2ncnc3[nH]ccc23)ccc1=O. The normalized spacial score (nSPS) is 17.6. The molecule has 1 saturated heterocycles. The molecule has 0 aromatic carbocycles. The van der Waals surface area contributed by atoms with Crippen molar-refractivity contribution in [2.75, 3.05) is 23.3 Å². The first-order chi connectivity index (χ1) is 13.1. The standard InChI is InChI=1S/C19H25N7O/c1-13(2)26-17(27)7-6-16(24-26)25-10-4-3-5-14(25)11-21-19-15-8-9-20-18(15)22-12-23-19/h6-9,12-14H,3-5,10-11H2,1-2H3,(H2,20,21,22,23). The third-order valence-corrected chi connectivity index (χ3v) is 5.08. The summed E-state index contributed by atoms with van der Waals surface area (Å²) in [6, 6.07) is 5.79. The highest BCUT2D eigenvalue weighted by molar-refractivity contribution is 5.86. The number of hydrogen-bond acceptors (Lipinski definition) is 6. The average molecular weight is 367 g/mol. The lowest BCUT2D eigenvalue weighted by Gasteiger charge is -2.37. The fourth-order valence-electron chi connectivity index (χ4n) is 3.68. The van der Waals surface area contributed by atoms with E-state index in [0.717, 1.165) is 48.6 Å². The lowest BCUT2D eigenvalue weighted by atomic mass is 10.0. The molecule has 142 valence electrons. The zero-order valence-corrected chi connectivity index (χ0v) is 15.7. The predicted molar refractivity (Wildman–Crippen MR) is 106 cm³/mol. The van der Waals surface area contributed by atoms with Crippen molar-refractivity contribution in [3.63, 3.8) is 0 Å². The van der Waals surface area contributed by atoms with Crippen molar-refractivity contribution in [1.29, 1.82) is 0 Å². The molecule has 8 heteroatoms. The number of aromatic amines is 1. The van der Waals surface area contributed by atoms with E-state index >= 15 is 0 Å². The van der Waals surface area contributed by atoms with Crippen LogP contribution in [0.3, 0.4) is 0 Å². The summed E-state index contributed by atoms with van der Waals surface area (Å²) in [5.41, 5.74) is 0.773. The molecule has 0 spiro atoms. The van der Waals surface area contributed by atoms with Crippen LogP contribution < -0.4 is 15.8 Å². The number of nitrogens with one attached hydrogen (secondary N) is 2. The minimum Gasteiger partial charge on any atom is -0.367 e. The Morgan fingerprint density at radius 1 is 1.26 bits per heavy atom. The summed E-state index contributed by atoms with van der Waals surface area (Å²) in [6.07, 6.45) is 6.85. The zero-order valence-electron chi connectivity index (χ0n) is 15.7. The van der Waals surface area contributed by atoms with E-state index in [0.29, 0.717) is 6.04 Å². The van der Waals surface area contributed by atoms with Crippen molar-refractivity contribution in [3.05, 3.63) is 41.1 Å². The van der Waals surface area contributed by atoms with Gasteiger partial charge in [0, 0.05) is 31.4 Å². The molecule has 1 atom stereocenters. The van der Waals surface area contributed by atoms with Crippen LogP contribution in [0.1, 0.15) is 39.2 Å². The van der Waals surface area contributed by atoms with Crippen LogP contribution in [0.4, 0.5) is 11.6 Å². The summed E-state index contributed by atoms with van der Waals surface area (Å²) in [7, 11) is 0. The highest BCUT2D eigenvalue weighted by Gasteiger charge is 2.24. The fourth-order valence-corrected chi connectivity index (χ4v) is 3.68. The van der Waals surface area contributed by atoms with Crippen LogP contribution in [0.2, 0.25) is 0 Å². The first-order valence-electron chi connectivity index (χ1n) is 9.52. The maximum absolute atomic E-state index is 12.0. The van der Waals surface area contributed by atoms with Gasteiger partial charge in [0.25, 0.3) is 5.56 Å². The number of hydrogen-bond donors (Lipinski definition) is 2. The van der Waals surface area contributed by atoms with E-state index in [9.17, 15) is 4.79 Å². The van der Waals surface area contributed by atoms with E-state index < -0.39 is 0 Å². The largest absolute Gasteiger partial charge is 0.367 e. The lowest BCUT2D eigenvalue weighted by molar-refractivity contribution is 0.451. The van der Waals surface area contributed by atoms with Gasteiger partial charge in [0.15, 0.2) is 0 Å². The molecule has 2 N–H and O–H groups in total. The molecule has 0 amide bonds. The van der Waals surface area contributed by atoms with Crippen LogP contribution in [-0.4, -0.2) is 43.9 Å². The van der Waals surface area contributed by atoms with E-state index in [4.69, 9.17) is 0 Å². The molecule has 4 rings (SSSR count). The van der Waals surface area contributed by atoms with Crippen LogP contribution in [0.5, 0.6) is 0 Å². The van der Waals surface area contributed by atoms with Crippen molar-refractivity contribution in [2.24, 2.45) is 0 Å². The molecule has 0 saturated carbocycles. The van der Waals surface area contributed by atoms with E-state index in [-0.39, 0.29) is 11.6 Å². The van der Waals surface area contributed by atoms with Gasteiger partial charge >= 0.3 is 0 Å². The molecular formula is C19H25N7O. The monoisotopic (exact) mass is 367 g/mol. The number of piperidine rings is 1. The third-order valence-electron chi connectivity index (χ3n) is 5.08. The molecule has 8 nitrogen and oxygen atoms in total. The van der Waals surface area contributed by atoms with E-state index in [1.807, 2.05) is 32.2 Å². The third kappa shape index (κ3) is 3.51. The minimum absolute atomic E-state index is 0.0432. The van der Waals surface area contributed by atoms with E-state index in [1.165, 1.54) is 6.42 Å². The Morgan fingerprint density at radius 3 is 3.00 bits per heavy atom. The first-order valence-corrected chi connectivity index (χ1v) is 9.52. The molecule has 4 heterocycles. The van der Waals surface area contributed by atoms with Crippen LogP contribution >= 0.6 is 0 Å². The van der Waals surface area contributed by atoms with Gasteiger partial charge in [0.1, 0.15) is 23.6 Å². The molecule has 1 aliphatic heterocycles. The van der Waals surface area contributed by atoms with Gasteiger partial charge in [-0.2, -0.15) is 5.10 Å². The molecule has 3 aromatic heterocycles. The number of nitrogens with zero attached hydrogens (tertiary/aromatic N) is 5. The van der Waals surface area contributed by atoms with Crippen molar-refractivity contribution >= 4 is 22.7 Å². The van der Waals surface area contributed by atoms with Gasteiger partial charge in [-0.3, -0.25) is 4.79 Å². The molecule has 1 fully saturated rings. The van der Waals surface area contributed by atoms with Crippen LogP contribution in [0, 0.1) is 0 Å². The van der Waals surface area contributed by atoms with Crippen LogP contribution in [0.15, 0.2) is 35.5 Å². The second-order valence-corrected chi connectivity index (χ2v) is 7.25. The number of H-pyrrole nitrogens is 1. The number of anilines is 2. The topological polar surface area (TPSA) is 91.7 Å². The van der Waals surface area contributed by atoms with Gasteiger partial charge in [0.2, 0.25) is 0 Å². The van der Waals surface area contributed by atoms with Crippen molar-refractivity contribution in [1.82, 2.24) is 24.7 Å². The summed E-state index contributed by atoms with van der Waals surface area (Å²) in [5.74, 6) is 1.70. The quantitative estimate of drug-likeness (QED) is 0.720. The Hall–Kier alpha value is -2.90. The first kappa shape index (κ1) is 17.5. The maximum atomic E-state index is 12.0. The lowest BCUT2D eigenvalue weighted by Crippen LogP contribution is -2.45. The Kier molecular flexibility index (Phi) is 4.79. The van der Waals surface area contributed by atoms with Gasteiger partial charge < -0.3 is 15.2 Å². The molecular weight excluding hydrogens is 342 g/mol. The number of aromatic nitrogens is 5. The predicted octanol–water partition coefficient (Wildman–Crippen LogP) is 2.57. The maximum Gasteiger partial charge on any atom is 0.267 e. The molecule has 27 heavy (non-hydrogen) atoms. The van der Waals surface area contributed by atoms with Gasteiger partial charge in [-0.1, -0.05) is 0 Å². The van der Waals surface area contributed by atoms with Crippen molar-refractivity contribution in [3.8, 4) is 0 Å². The van der Waals surface area contributed by atoms with Crippen LogP contribution in [-0.2, 0) is 0 Å². The molecule has 0 radical (unpaired) electrons. The number of rotatable bonds is 5. The molecule has 1 aliphatic rings. The van der Waals surface area contributed by atoms with Gasteiger partial charge in [-0.25, -0.2) is 14.6 Å². The fraction of sp³-hybridized carbons (Fsp3) is 0.474. The second kappa shape index (κ2) is 7.38.